The fraction of sp³-hybridized carbons (Fsp3) is 0.692. The van der Waals surface area contributed by atoms with Gasteiger partial charge in [0.2, 0.25) is 14.5 Å². The molecule has 4 unspecified atom stereocenters. The van der Waals surface area contributed by atoms with E-state index in [0.29, 0.717) is 0 Å². The zero-order chi connectivity index (χ0) is 20.0. The third-order valence-electron chi connectivity index (χ3n) is 5.18. The summed E-state index contributed by atoms with van der Waals surface area (Å²) in [6.07, 6.45) is 2.84. The van der Waals surface area contributed by atoms with Crippen LogP contribution < -0.4 is 0 Å². The van der Waals surface area contributed by atoms with Crippen molar-refractivity contribution in [2.75, 3.05) is 0 Å². The molecule has 1 heterocycles. The van der Waals surface area contributed by atoms with Gasteiger partial charge in [-0.2, -0.15) is 0 Å². The first kappa shape index (κ1) is 22.1. The smallest absolute Gasteiger partial charge is 0.206 e. The molecule has 3 aliphatic carbocycles. The van der Waals surface area contributed by atoms with Crippen LogP contribution in [-0.4, -0.2) is 37.2 Å². The maximum absolute atomic E-state index is 6.75. The van der Waals surface area contributed by atoms with Gasteiger partial charge in [0.25, 0.3) is 0 Å². The first-order chi connectivity index (χ1) is 11.4. The van der Waals surface area contributed by atoms with Crippen LogP contribution in [0.5, 0.6) is 0 Å². The maximum atomic E-state index is 6.75. The predicted octanol–water partition coefficient (Wildman–Crippen LogP) is 7.82. The standard InChI is InChI=1S/C13H4Cl12O/c14-6-3-7(6,15)11(20,21)13(24,25)10(19)5(6)4-1-2-8(16,17)12(22,23)9(4,18)26-10/h1-2H,3H2. The number of allylic oxidation sites excluding steroid dienone is 1. The van der Waals surface area contributed by atoms with Crippen LogP contribution in [0.25, 0.3) is 0 Å². The molecule has 0 aromatic rings. The molecule has 0 saturated heterocycles. The largest absolute Gasteiger partial charge is 0.323 e. The summed E-state index contributed by atoms with van der Waals surface area (Å²) in [6.45, 7) is 0. The summed E-state index contributed by atoms with van der Waals surface area (Å²) in [4.78, 5) is -2.82. The molecule has 1 aliphatic heterocycles. The molecule has 0 bridgehead atoms. The Morgan fingerprint density at radius 3 is 1.77 bits per heavy atom. The molecule has 0 aromatic heterocycles. The molecule has 146 valence electrons. The molecule has 0 amide bonds. The van der Waals surface area contributed by atoms with Crippen LogP contribution in [0.3, 0.4) is 0 Å². The molecule has 26 heavy (non-hydrogen) atoms. The zero-order valence-electron chi connectivity index (χ0n) is 11.8. The van der Waals surface area contributed by atoms with E-state index in [1.807, 2.05) is 0 Å². The van der Waals surface area contributed by atoms with Crippen LogP contribution in [-0.2, 0) is 4.74 Å². The molecule has 0 radical (unpaired) electrons. The predicted molar refractivity (Wildman–Crippen MR) is 114 cm³/mol. The fourth-order valence-corrected chi connectivity index (χ4v) is 8.25. The highest BCUT2D eigenvalue weighted by atomic mass is 35.6. The van der Waals surface area contributed by atoms with Gasteiger partial charge in [-0.1, -0.05) is 122 Å². The molecule has 2 saturated carbocycles. The second-order valence-corrected chi connectivity index (χ2v) is 14.3. The van der Waals surface area contributed by atoms with Crippen LogP contribution in [0, 0.1) is 0 Å². The number of ether oxygens (including phenoxy) is 1. The Balaban J connectivity index is 2.08. The van der Waals surface area contributed by atoms with Crippen LogP contribution >= 0.6 is 139 Å². The number of halogens is 12. The fourth-order valence-electron chi connectivity index (χ4n) is 3.64. The lowest BCUT2D eigenvalue weighted by atomic mass is 9.84. The first-order valence-corrected chi connectivity index (χ1v) is 11.3. The second-order valence-electron chi connectivity index (χ2n) is 6.54. The Bertz CT molecular complexity index is 801. The van der Waals surface area contributed by atoms with Gasteiger partial charge >= 0.3 is 0 Å². The lowest BCUT2D eigenvalue weighted by Gasteiger charge is -2.51. The van der Waals surface area contributed by atoms with Crippen LogP contribution in [0.1, 0.15) is 6.42 Å². The van der Waals surface area contributed by atoms with E-state index >= 15 is 0 Å². The quantitative estimate of drug-likeness (QED) is 0.257. The summed E-state index contributed by atoms with van der Waals surface area (Å²) in [5.74, 6) is 0. The summed E-state index contributed by atoms with van der Waals surface area (Å²) in [6, 6.07) is 0. The van der Waals surface area contributed by atoms with E-state index in [-0.39, 0.29) is 17.6 Å². The van der Waals surface area contributed by atoms with Gasteiger partial charge in [0.1, 0.15) is 4.87 Å². The Morgan fingerprint density at radius 2 is 1.23 bits per heavy atom. The van der Waals surface area contributed by atoms with Crippen molar-refractivity contribution in [3.8, 4) is 0 Å². The second kappa shape index (κ2) is 5.45. The molecule has 0 spiro atoms. The average molecular weight is 602 g/mol. The van der Waals surface area contributed by atoms with Crippen molar-refractivity contribution in [1.29, 1.82) is 0 Å². The van der Waals surface area contributed by atoms with Gasteiger partial charge in [0, 0.05) is 11.1 Å². The number of fused-ring (bicyclic) bond motifs is 4. The van der Waals surface area contributed by atoms with E-state index < -0.39 is 37.2 Å². The number of alkyl halides is 12. The normalized spacial score (nSPS) is 51.5. The molecule has 2 fully saturated rings. The molecular weight excluding hydrogens is 598 g/mol. The van der Waals surface area contributed by atoms with E-state index in [1.54, 1.807) is 0 Å². The van der Waals surface area contributed by atoms with Gasteiger partial charge in [-0.05, 0) is 12.5 Å². The summed E-state index contributed by atoms with van der Waals surface area (Å²) < 4.78 is -2.35. The van der Waals surface area contributed by atoms with Crippen molar-refractivity contribution in [3.63, 3.8) is 0 Å². The lowest BCUT2D eigenvalue weighted by Crippen LogP contribution is -2.66. The Labute approximate surface area is 208 Å². The van der Waals surface area contributed by atoms with Crippen molar-refractivity contribution in [3.05, 3.63) is 23.3 Å². The van der Waals surface area contributed by atoms with E-state index in [2.05, 4.69) is 0 Å². The summed E-state index contributed by atoms with van der Waals surface area (Å²) in [5, 5.41) is -4.20. The van der Waals surface area contributed by atoms with Gasteiger partial charge in [-0.3, -0.25) is 0 Å². The van der Waals surface area contributed by atoms with E-state index in [0.717, 1.165) is 0 Å². The molecular formula is C13H4Cl12O. The molecule has 4 rings (SSSR count). The summed E-state index contributed by atoms with van der Waals surface area (Å²) >= 11 is 77.9. The molecule has 1 nitrogen and oxygen atoms in total. The first-order valence-electron chi connectivity index (χ1n) is 6.79. The van der Waals surface area contributed by atoms with Crippen LogP contribution in [0.2, 0.25) is 0 Å². The third kappa shape index (κ3) is 2.01. The Hall–Kier alpha value is 2.92. The number of hydrogen-bond acceptors (Lipinski definition) is 1. The van der Waals surface area contributed by atoms with Gasteiger partial charge < -0.3 is 4.74 Å². The van der Waals surface area contributed by atoms with Crippen LogP contribution in [0.15, 0.2) is 23.3 Å². The maximum Gasteiger partial charge on any atom is 0.206 e. The van der Waals surface area contributed by atoms with Crippen molar-refractivity contribution in [2.24, 2.45) is 0 Å². The minimum atomic E-state index is -2.21. The average Bonchev–Trinajstić information content (AvgIpc) is 2.92. The van der Waals surface area contributed by atoms with Gasteiger partial charge in [0.15, 0.2) is 13.0 Å². The monoisotopic (exact) mass is 596 g/mol. The topological polar surface area (TPSA) is 9.23 Å². The third-order valence-corrected chi connectivity index (χ3v) is 13.4. The minimum Gasteiger partial charge on any atom is -0.323 e. The number of hydrogen-bond donors (Lipinski definition) is 0. The SMILES string of the molecule is ClC1(Cl)C=CC2=C3C4(Cl)CC4(Cl)C(Cl)(Cl)C(Cl)(Cl)C3(Cl)OC2(Cl)C1(Cl)Cl. The van der Waals surface area contributed by atoms with Gasteiger partial charge in [0.05, 0.1) is 4.87 Å². The highest BCUT2D eigenvalue weighted by Crippen LogP contribution is 2.84. The lowest BCUT2D eigenvalue weighted by molar-refractivity contribution is -0.0276. The Kier molecular flexibility index (Phi) is 4.64. The molecule has 13 heteroatoms. The summed E-state index contributed by atoms with van der Waals surface area (Å²) in [7, 11) is 0. The van der Waals surface area contributed by atoms with Crippen molar-refractivity contribution in [2.45, 2.75) is 43.6 Å². The van der Waals surface area contributed by atoms with Crippen molar-refractivity contribution < 1.29 is 4.74 Å². The van der Waals surface area contributed by atoms with E-state index in [4.69, 9.17) is 144 Å². The van der Waals surface area contributed by atoms with Crippen molar-refractivity contribution in [1.82, 2.24) is 0 Å². The highest BCUT2D eigenvalue weighted by Gasteiger charge is 2.93. The zero-order valence-corrected chi connectivity index (χ0v) is 20.9. The van der Waals surface area contributed by atoms with Gasteiger partial charge in [-0.15, -0.1) is 23.2 Å². The van der Waals surface area contributed by atoms with Crippen molar-refractivity contribution >= 4 is 139 Å². The number of rotatable bonds is 0. The molecule has 4 aliphatic rings. The molecule has 0 N–H and O–H groups in total. The van der Waals surface area contributed by atoms with Crippen LogP contribution in [0.4, 0.5) is 0 Å². The molecule has 0 aromatic carbocycles. The summed E-state index contributed by atoms with van der Waals surface area (Å²) in [5.41, 5.74) is 0.342. The Morgan fingerprint density at radius 1 is 0.692 bits per heavy atom. The molecule has 4 atom stereocenters. The van der Waals surface area contributed by atoms with Gasteiger partial charge in [-0.25, -0.2) is 0 Å². The van der Waals surface area contributed by atoms with E-state index in [9.17, 15) is 0 Å². The van der Waals surface area contributed by atoms with E-state index in [1.165, 1.54) is 12.2 Å². The minimum absolute atomic E-state index is 0.0826. The highest BCUT2D eigenvalue weighted by molar-refractivity contribution is 6.71.